The minimum Gasteiger partial charge on any atom is -0.491 e. The van der Waals surface area contributed by atoms with Crippen LogP contribution in [0.5, 0.6) is 11.5 Å². The second-order valence-electron chi connectivity index (χ2n) is 4.60. The molecule has 0 aliphatic heterocycles. The molecule has 24 heavy (non-hydrogen) atoms. The number of thioether (sulfide) groups is 1. The minimum atomic E-state index is -0.324. The Morgan fingerprint density at radius 1 is 1.42 bits per heavy atom. The molecule has 0 aliphatic rings. The number of rotatable bonds is 6. The summed E-state index contributed by atoms with van der Waals surface area (Å²) in [6.07, 6.45) is 3.30. The van der Waals surface area contributed by atoms with Crippen molar-refractivity contribution in [3.63, 3.8) is 0 Å². The van der Waals surface area contributed by atoms with Gasteiger partial charge in [-0.1, -0.05) is 23.4 Å². The molecule has 0 aliphatic carbocycles. The summed E-state index contributed by atoms with van der Waals surface area (Å²) in [5, 5.41) is 12.8. The summed E-state index contributed by atoms with van der Waals surface area (Å²) in [5.74, 6) is 0.967. The fourth-order valence-corrected chi connectivity index (χ4v) is 2.64. The smallest absolute Gasteiger partial charge is 0.296 e. The zero-order chi connectivity index (χ0) is 17.7. The number of halogens is 1. The van der Waals surface area contributed by atoms with Crippen LogP contribution in [0.3, 0.4) is 0 Å². The monoisotopic (exact) mass is 368 g/mol. The van der Waals surface area contributed by atoms with Crippen molar-refractivity contribution >= 4 is 29.6 Å². The van der Waals surface area contributed by atoms with E-state index in [0.717, 1.165) is 0 Å². The van der Waals surface area contributed by atoms with Crippen LogP contribution in [-0.4, -0.2) is 41.1 Å². The van der Waals surface area contributed by atoms with Crippen LogP contribution in [0.25, 0.3) is 0 Å². The van der Waals surface area contributed by atoms with Crippen LogP contribution in [0.1, 0.15) is 18.2 Å². The maximum absolute atomic E-state index is 12.2. The Labute approximate surface area is 148 Å². The molecule has 0 fully saturated rings. The third kappa shape index (κ3) is 3.88. The molecule has 1 aromatic carbocycles. The lowest BCUT2D eigenvalue weighted by Gasteiger charge is -2.11. The van der Waals surface area contributed by atoms with Crippen LogP contribution in [-0.2, 0) is 0 Å². The highest BCUT2D eigenvalue weighted by atomic mass is 35.5. The number of benzene rings is 1. The molecule has 9 heteroatoms. The molecular formula is C15H17ClN4O3S. The van der Waals surface area contributed by atoms with Crippen molar-refractivity contribution in [1.29, 1.82) is 0 Å². The van der Waals surface area contributed by atoms with E-state index >= 15 is 0 Å². The number of hydrogen-bond donors (Lipinski definition) is 0. The first kappa shape index (κ1) is 18.3. The van der Waals surface area contributed by atoms with E-state index < -0.39 is 0 Å². The molecule has 2 aromatic rings. The molecule has 0 unspecified atom stereocenters. The first-order valence-corrected chi connectivity index (χ1v) is 8.67. The largest absolute Gasteiger partial charge is 0.491 e. The number of ether oxygens (including phenoxy) is 2. The second-order valence-corrected chi connectivity index (χ2v) is 5.78. The number of aryl methyl sites for hydroxylation is 1. The highest BCUT2D eigenvalue weighted by Crippen LogP contribution is 2.35. The maximum Gasteiger partial charge on any atom is 0.296 e. The summed E-state index contributed by atoms with van der Waals surface area (Å²) < 4.78 is 12.0. The number of aromatic nitrogens is 3. The van der Waals surface area contributed by atoms with Gasteiger partial charge >= 0.3 is 0 Å². The second kappa shape index (κ2) is 8.16. The Balaban J connectivity index is 2.47. The van der Waals surface area contributed by atoms with Crippen molar-refractivity contribution in [3.8, 4) is 11.5 Å². The summed E-state index contributed by atoms with van der Waals surface area (Å²) in [7, 11) is 1.52. The molecule has 128 valence electrons. The van der Waals surface area contributed by atoms with Gasteiger partial charge in [0.2, 0.25) is 5.16 Å². The van der Waals surface area contributed by atoms with Gasteiger partial charge in [0.05, 0.1) is 25.0 Å². The highest BCUT2D eigenvalue weighted by molar-refractivity contribution is 7.98. The highest BCUT2D eigenvalue weighted by Gasteiger charge is 2.11. The van der Waals surface area contributed by atoms with Crippen LogP contribution < -0.4 is 15.0 Å². The van der Waals surface area contributed by atoms with Gasteiger partial charge in [-0.05, 0) is 37.8 Å². The van der Waals surface area contributed by atoms with Crippen molar-refractivity contribution in [2.75, 3.05) is 20.0 Å². The molecule has 0 amide bonds. The predicted molar refractivity (Wildman–Crippen MR) is 95.0 cm³/mol. The molecular weight excluding hydrogens is 352 g/mol. The quantitative estimate of drug-likeness (QED) is 0.576. The van der Waals surface area contributed by atoms with E-state index in [1.807, 2.05) is 6.92 Å². The van der Waals surface area contributed by atoms with Crippen molar-refractivity contribution in [2.24, 2.45) is 5.10 Å². The van der Waals surface area contributed by atoms with E-state index in [1.165, 1.54) is 29.8 Å². The summed E-state index contributed by atoms with van der Waals surface area (Å²) in [6.45, 7) is 3.92. The Bertz CT molecular complexity index is 823. The number of methoxy groups -OCH3 is 1. The molecule has 0 spiro atoms. The van der Waals surface area contributed by atoms with E-state index in [9.17, 15) is 4.79 Å². The molecule has 0 atom stereocenters. The Hall–Kier alpha value is -2.06. The first-order chi connectivity index (χ1) is 11.5. The predicted octanol–water partition coefficient (Wildman–Crippen LogP) is 2.61. The van der Waals surface area contributed by atoms with Crippen LogP contribution in [0, 0.1) is 6.92 Å². The maximum atomic E-state index is 12.2. The van der Waals surface area contributed by atoms with Crippen molar-refractivity contribution in [2.45, 2.75) is 19.0 Å². The summed E-state index contributed by atoms with van der Waals surface area (Å²) in [4.78, 5) is 12.2. The van der Waals surface area contributed by atoms with Gasteiger partial charge in [0.25, 0.3) is 5.56 Å². The summed E-state index contributed by atoms with van der Waals surface area (Å²) in [6, 6.07) is 3.42. The van der Waals surface area contributed by atoms with Crippen molar-refractivity contribution < 1.29 is 9.47 Å². The topological polar surface area (TPSA) is 78.6 Å². The van der Waals surface area contributed by atoms with Gasteiger partial charge < -0.3 is 9.47 Å². The lowest BCUT2D eigenvalue weighted by atomic mass is 10.2. The Morgan fingerprint density at radius 2 is 2.17 bits per heavy atom. The van der Waals surface area contributed by atoms with E-state index in [2.05, 4.69) is 15.3 Å². The van der Waals surface area contributed by atoms with Gasteiger partial charge in [-0.15, -0.1) is 10.2 Å². The standard InChI is InChI=1S/C15H17ClN4O3S/c1-5-23-12-7-10(6-11(16)13(12)22-3)8-17-20-14(21)9(2)18-19-15(20)24-4/h6-8H,5H2,1-4H3/b17-8-. The van der Waals surface area contributed by atoms with Gasteiger partial charge in [-0.25, -0.2) is 0 Å². The average Bonchev–Trinajstić information content (AvgIpc) is 2.56. The molecule has 0 N–H and O–H groups in total. The lowest BCUT2D eigenvalue weighted by Crippen LogP contribution is -2.23. The minimum absolute atomic E-state index is 0.271. The fraction of sp³-hybridized carbons (Fsp3) is 0.333. The molecule has 0 bridgehead atoms. The zero-order valence-electron chi connectivity index (χ0n) is 13.7. The fourth-order valence-electron chi connectivity index (χ4n) is 1.92. The van der Waals surface area contributed by atoms with Gasteiger partial charge in [-0.3, -0.25) is 4.79 Å². The van der Waals surface area contributed by atoms with Crippen LogP contribution in [0.15, 0.2) is 27.2 Å². The molecule has 7 nitrogen and oxygen atoms in total. The SMILES string of the molecule is CCOc1cc(/C=N\n2c(SC)nnc(C)c2=O)cc(Cl)c1OC. The van der Waals surface area contributed by atoms with E-state index in [4.69, 9.17) is 21.1 Å². The van der Waals surface area contributed by atoms with Crippen molar-refractivity contribution in [1.82, 2.24) is 14.9 Å². The molecule has 1 aromatic heterocycles. The van der Waals surface area contributed by atoms with Crippen LogP contribution in [0.4, 0.5) is 0 Å². The van der Waals surface area contributed by atoms with Gasteiger partial charge in [0.1, 0.15) is 5.69 Å². The van der Waals surface area contributed by atoms with Crippen LogP contribution in [0.2, 0.25) is 5.02 Å². The lowest BCUT2D eigenvalue weighted by molar-refractivity contribution is 0.311. The number of hydrogen-bond acceptors (Lipinski definition) is 7. The third-order valence-electron chi connectivity index (χ3n) is 3.01. The summed E-state index contributed by atoms with van der Waals surface area (Å²) >= 11 is 7.48. The molecule has 0 radical (unpaired) electrons. The molecule has 1 heterocycles. The molecule has 0 saturated heterocycles. The summed E-state index contributed by atoms with van der Waals surface area (Å²) in [5.41, 5.74) is 0.612. The van der Waals surface area contributed by atoms with Gasteiger partial charge in [0, 0.05) is 0 Å². The zero-order valence-corrected chi connectivity index (χ0v) is 15.3. The average molecular weight is 369 g/mol. The van der Waals surface area contributed by atoms with Gasteiger partial charge in [-0.2, -0.15) is 9.78 Å². The first-order valence-electron chi connectivity index (χ1n) is 7.06. The molecule has 2 rings (SSSR count). The van der Waals surface area contributed by atoms with Crippen LogP contribution >= 0.6 is 23.4 Å². The molecule has 0 saturated carbocycles. The van der Waals surface area contributed by atoms with E-state index in [-0.39, 0.29) is 11.3 Å². The number of nitrogens with zero attached hydrogens (tertiary/aromatic N) is 4. The Kier molecular flexibility index (Phi) is 6.22. The van der Waals surface area contributed by atoms with Gasteiger partial charge in [0.15, 0.2) is 11.5 Å². The van der Waals surface area contributed by atoms with Crippen molar-refractivity contribution in [3.05, 3.63) is 38.8 Å². The third-order valence-corrected chi connectivity index (χ3v) is 3.91. The van der Waals surface area contributed by atoms with E-state index in [1.54, 1.807) is 25.3 Å². The normalized spacial score (nSPS) is 11.0. The van der Waals surface area contributed by atoms with E-state index in [0.29, 0.717) is 33.8 Å². The Morgan fingerprint density at radius 3 is 2.79 bits per heavy atom.